The summed E-state index contributed by atoms with van der Waals surface area (Å²) >= 11 is 7.21. The number of hydrogen-bond acceptors (Lipinski definition) is 4. The van der Waals surface area contributed by atoms with Crippen molar-refractivity contribution in [2.75, 3.05) is 12.3 Å². The van der Waals surface area contributed by atoms with Crippen LogP contribution in [0.25, 0.3) is 0 Å². The van der Waals surface area contributed by atoms with E-state index in [9.17, 15) is 12.8 Å². The third-order valence-electron chi connectivity index (χ3n) is 2.88. The van der Waals surface area contributed by atoms with Crippen molar-refractivity contribution in [1.29, 1.82) is 0 Å². The Morgan fingerprint density at radius 1 is 1.38 bits per heavy atom. The topological polar surface area (TPSA) is 72.2 Å². The van der Waals surface area contributed by atoms with E-state index in [-0.39, 0.29) is 17.1 Å². The summed E-state index contributed by atoms with van der Waals surface area (Å²) in [6.45, 7) is 1.76. The molecular weight excluding hydrogens is 335 g/mol. The average molecular weight is 349 g/mol. The van der Waals surface area contributed by atoms with Crippen LogP contribution in [0, 0.1) is 12.7 Å². The van der Waals surface area contributed by atoms with E-state index < -0.39 is 15.8 Å². The molecule has 0 bridgehead atoms. The summed E-state index contributed by atoms with van der Waals surface area (Å²) in [6.07, 6.45) is 0.534. The summed E-state index contributed by atoms with van der Waals surface area (Å²) in [6, 6.07) is 5.86. The van der Waals surface area contributed by atoms with Crippen molar-refractivity contribution in [3.05, 3.63) is 44.9 Å². The Morgan fingerprint density at radius 2 is 2.10 bits per heavy atom. The lowest BCUT2D eigenvalue weighted by molar-refractivity contribution is 0.580. The Bertz CT molecular complexity index is 760. The van der Waals surface area contributed by atoms with Crippen molar-refractivity contribution in [2.24, 2.45) is 0 Å². The molecule has 2 rings (SSSR count). The lowest BCUT2D eigenvalue weighted by atomic mass is 10.2. The van der Waals surface area contributed by atoms with Gasteiger partial charge in [0.15, 0.2) is 0 Å². The van der Waals surface area contributed by atoms with Crippen LogP contribution in [0.1, 0.15) is 10.4 Å². The molecule has 0 aliphatic rings. The highest BCUT2D eigenvalue weighted by molar-refractivity contribution is 7.89. The van der Waals surface area contributed by atoms with E-state index in [1.165, 1.54) is 18.3 Å². The molecule has 0 aliphatic carbocycles. The normalized spacial score (nSPS) is 11.8. The predicted molar refractivity (Wildman–Crippen MR) is 83.8 cm³/mol. The van der Waals surface area contributed by atoms with E-state index in [2.05, 4.69) is 4.72 Å². The van der Waals surface area contributed by atoms with Crippen LogP contribution < -0.4 is 10.5 Å². The first-order chi connectivity index (χ1) is 9.79. The first-order valence-electron chi connectivity index (χ1n) is 6.09. The van der Waals surface area contributed by atoms with Crippen LogP contribution in [-0.2, 0) is 16.4 Å². The van der Waals surface area contributed by atoms with Gasteiger partial charge in [0.1, 0.15) is 5.82 Å². The molecule has 0 aliphatic heterocycles. The summed E-state index contributed by atoms with van der Waals surface area (Å²) in [5.41, 5.74) is 5.55. The van der Waals surface area contributed by atoms with Crippen LogP contribution in [0.5, 0.6) is 0 Å². The minimum absolute atomic E-state index is 0.00869. The highest BCUT2D eigenvalue weighted by atomic mass is 35.5. The number of aryl methyl sites for hydroxylation is 1. The number of thiophene rings is 1. The lowest BCUT2D eigenvalue weighted by Gasteiger charge is -2.10. The van der Waals surface area contributed by atoms with Crippen LogP contribution in [0.3, 0.4) is 0 Å². The van der Waals surface area contributed by atoms with Crippen LogP contribution in [0.4, 0.5) is 10.1 Å². The molecule has 0 atom stereocenters. The largest absolute Gasteiger partial charge is 0.396 e. The Morgan fingerprint density at radius 3 is 2.71 bits per heavy atom. The monoisotopic (exact) mass is 348 g/mol. The molecule has 0 radical (unpaired) electrons. The van der Waals surface area contributed by atoms with Gasteiger partial charge in [0, 0.05) is 11.4 Å². The smallest absolute Gasteiger partial charge is 0.240 e. The first-order valence-corrected chi connectivity index (χ1v) is 8.77. The van der Waals surface area contributed by atoms with E-state index in [1.54, 1.807) is 6.07 Å². The zero-order chi connectivity index (χ0) is 15.6. The number of hydrogen-bond donors (Lipinski definition) is 2. The SMILES string of the molecule is Cc1cc(F)c(N)cc1S(=O)(=O)NCCc1ccc(Cl)s1. The van der Waals surface area contributed by atoms with Crippen molar-refractivity contribution < 1.29 is 12.8 Å². The van der Waals surface area contributed by atoms with Gasteiger partial charge in [0.2, 0.25) is 10.0 Å². The minimum Gasteiger partial charge on any atom is -0.396 e. The van der Waals surface area contributed by atoms with Crippen molar-refractivity contribution in [3.8, 4) is 0 Å². The second-order valence-electron chi connectivity index (χ2n) is 4.49. The standard InChI is InChI=1S/C13H14ClFN2O2S2/c1-8-6-10(15)11(16)7-12(8)21(18,19)17-5-4-9-2-3-13(14)20-9/h2-3,6-7,17H,4-5,16H2,1H3. The molecule has 2 aromatic rings. The molecule has 3 N–H and O–H groups in total. The summed E-state index contributed by atoms with van der Waals surface area (Å²) in [7, 11) is -3.72. The van der Waals surface area contributed by atoms with E-state index in [1.807, 2.05) is 6.07 Å². The molecular formula is C13H14ClFN2O2S2. The highest BCUT2D eigenvalue weighted by Crippen LogP contribution is 2.23. The lowest BCUT2D eigenvalue weighted by Crippen LogP contribution is -2.26. The molecule has 0 amide bonds. The van der Waals surface area contributed by atoms with Crippen molar-refractivity contribution in [3.63, 3.8) is 0 Å². The number of benzene rings is 1. The van der Waals surface area contributed by atoms with Crippen LogP contribution >= 0.6 is 22.9 Å². The summed E-state index contributed by atoms with van der Waals surface area (Å²) in [5, 5.41) is 0. The van der Waals surface area contributed by atoms with E-state index in [0.29, 0.717) is 16.3 Å². The maximum atomic E-state index is 13.3. The van der Waals surface area contributed by atoms with Gasteiger partial charge in [-0.1, -0.05) is 11.6 Å². The fraction of sp³-hybridized carbons (Fsp3) is 0.231. The number of nitrogen functional groups attached to an aromatic ring is 1. The highest BCUT2D eigenvalue weighted by Gasteiger charge is 2.18. The molecule has 0 saturated carbocycles. The second kappa shape index (κ2) is 6.31. The number of halogens is 2. The maximum absolute atomic E-state index is 13.3. The predicted octanol–water partition coefficient (Wildman–Crippen LogP) is 2.95. The molecule has 8 heteroatoms. The van der Waals surface area contributed by atoms with Gasteiger partial charge in [0.05, 0.1) is 14.9 Å². The molecule has 0 unspecified atom stereocenters. The van der Waals surface area contributed by atoms with Gasteiger partial charge >= 0.3 is 0 Å². The van der Waals surface area contributed by atoms with Gasteiger partial charge in [-0.2, -0.15) is 0 Å². The molecule has 4 nitrogen and oxygen atoms in total. The fourth-order valence-electron chi connectivity index (χ4n) is 1.83. The summed E-state index contributed by atoms with van der Waals surface area (Å²) in [4.78, 5) is 0.976. The Balaban J connectivity index is 2.10. The number of nitrogens with one attached hydrogen (secondary N) is 1. The zero-order valence-electron chi connectivity index (χ0n) is 11.2. The molecule has 0 saturated heterocycles. The van der Waals surface area contributed by atoms with E-state index >= 15 is 0 Å². The third-order valence-corrected chi connectivity index (χ3v) is 5.77. The van der Waals surface area contributed by atoms with Gasteiger partial charge in [0.25, 0.3) is 0 Å². The Hall–Kier alpha value is -1.15. The first kappa shape index (κ1) is 16.2. The van der Waals surface area contributed by atoms with E-state index in [4.69, 9.17) is 17.3 Å². The van der Waals surface area contributed by atoms with Crippen LogP contribution in [0.2, 0.25) is 4.34 Å². The average Bonchev–Trinajstić information content (AvgIpc) is 2.79. The second-order valence-corrected chi connectivity index (χ2v) is 8.03. The van der Waals surface area contributed by atoms with Gasteiger partial charge in [-0.15, -0.1) is 11.3 Å². The van der Waals surface area contributed by atoms with Crippen molar-refractivity contribution in [1.82, 2.24) is 4.72 Å². The summed E-state index contributed by atoms with van der Waals surface area (Å²) in [5.74, 6) is -0.625. The van der Waals surface area contributed by atoms with E-state index in [0.717, 1.165) is 17.0 Å². The molecule has 0 fully saturated rings. The molecule has 0 spiro atoms. The quantitative estimate of drug-likeness (QED) is 0.816. The van der Waals surface area contributed by atoms with Crippen LogP contribution in [-0.4, -0.2) is 15.0 Å². The third kappa shape index (κ3) is 3.94. The zero-order valence-corrected chi connectivity index (χ0v) is 13.6. The molecule has 1 aromatic heterocycles. The van der Waals surface area contributed by atoms with Gasteiger partial charge in [-0.25, -0.2) is 17.5 Å². The molecule has 114 valence electrons. The molecule has 1 aromatic carbocycles. The Labute approximate surface area is 131 Å². The number of anilines is 1. The Kier molecular flexibility index (Phi) is 4.88. The van der Waals surface area contributed by atoms with Crippen LogP contribution in [0.15, 0.2) is 29.2 Å². The van der Waals surface area contributed by atoms with Gasteiger partial charge in [-0.3, -0.25) is 0 Å². The van der Waals surface area contributed by atoms with Gasteiger partial charge in [-0.05, 0) is 43.2 Å². The minimum atomic E-state index is -3.72. The number of rotatable bonds is 5. The fourth-order valence-corrected chi connectivity index (χ4v) is 4.21. The van der Waals surface area contributed by atoms with Crippen molar-refractivity contribution in [2.45, 2.75) is 18.2 Å². The number of nitrogens with two attached hydrogens (primary N) is 1. The summed E-state index contributed by atoms with van der Waals surface area (Å²) < 4.78 is 40.8. The maximum Gasteiger partial charge on any atom is 0.240 e. The van der Waals surface area contributed by atoms with Gasteiger partial charge < -0.3 is 5.73 Å². The molecule has 21 heavy (non-hydrogen) atoms. The van der Waals surface area contributed by atoms with Crippen molar-refractivity contribution >= 4 is 38.6 Å². The number of sulfonamides is 1. The molecule has 1 heterocycles.